The van der Waals surface area contributed by atoms with Gasteiger partial charge in [-0.3, -0.25) is 47.9 Å². The van der Waals surface area contributed by atoms with Gasteiger partial charge in [0.05, 0.1) is 0 Å². The fraction of sp³-hybridized carbons (Fsp3) is 0.800. The molecule has 0 fully saturated rings. The van der Waals surface area contributed by atoms with Crippen LogP contribution in [0.15, 0.2) is 0 Å². The molecule has 0 saturated heterocycles. The van der Waals surface area contributed by atoms with Gasteiger partial charge in [-0.2, -0.15) is 0 Å². The Kier molecular flexibility index (Phi) is 74.9. The first-order chi connectivity index (χ1) is 33.1. The number of aliphatic carboxylic acids is 10. The maximum absolute atomic E-state index is 10.1. The summed E-state index contributed by atoms with van der Waals surface area (Å²) >= 11 is 0. The fourth-order valence-corrected chi connectivity index (χ4v) is 6.30. The zero-order valence-electron chi connectivity index (χ0n) is 42.7. The summed E-state index contributed by atoms with van der Waals surface area (Å²) in [5.74, 6) is -7.40. The average molecular weight is 1080 g/mol. The molecule has 0 amide bonds. The summed E-state index contributed by atoms with van der Waals surface area (Å²) in [5, 5.41) is 83.5. The maximum Gasteiger partial charge on any atom is 0.303 e. The first kappa shape index (κ1) is 81.3. The van der Waals surface area contributed by atoms with Crippen LogP contribution < -0.4 is 0 Å². The highest BCUT2D eigenvalue weighted by Crippen LogP contribution is 2.12. The zero-order chi connectivity index (χ0) is 54.1. The van der Waals surface area contributed by atoms with E-state index in [1.807, 2.05) is 0 Å². The lowest BCUT2D eigenvalue weighted by Gasteiger charge is -1.98. The minimum Gasteiger partial charge on any atom is -0.481 e. The lowest BCUT2D eigenvalue weighted by molar-refractivity contribution is -0.138. The number of carboxylic acid groups (broad SMARTS) is 10. The van der Waals surface area contributed by atoms with Crippen LogP contribution >= 0.6 is 24.8 Å². The van der Waals surface area contributed by atoms with E-state index in [-0.39, 0.29) is 89.0 Å². The van der Waals surface area contributed by atoms with Crippen molar-refractivity contribution in [3.63, 3.8) is 0 Å². The number of halogens is 2. The van der Waals surface area contributed by atoms with Crippen molar-refractivity contribution in [1.29, 1.82) is 0 Å². The molecule has 0 aliphatic carbocycles. The topological polar surface area (TPSA) is 373 Å². The second kappa shape index (κ2) is 66.3. The highest BCUT2D eigenvalue weighted by molar-refractivity contribution is 5.85. The Hall–Kier alpha value is -4.72. The number of carbonyl (C=O) groups is 10. The molecular formula is C50H92Cl2O20. The van der Waals surface area contributed by atoms with Gasteiger partial charge in [0.15, 0.2) is 0 Å². The van der Waals surface area contributed by atoms with Gasteiger partial charge in [0.25, 0.3) is 0 Å². The monoisotopic (exact) mass is 1080 g/mol. The van der Waals surface area contributed by atoms with Crippen LogP contribution in [0.1, 0.15) is 257 Å². The van der Waals surface area contributed by atoms with Gasteiger partial charge in [-0.15, -0.1) is 24.8 Å². The number of hydrogen-bond donors (Lipinski definition) is 10. The minimum atomic E-state index is -0.740. The van der Waals surface area contributed by atoms with Crippen LogP contribution in [0.25, 0.3) is 0 Å². The number of carboxylic acids is 10. The molecule has 0 atom stereocenters. The summed E-state index contributed by atoms with van der Waals surface area (Å²) in [6, 6.07) is 0. The fourth-order valence-electron chi connectivity index (χ4n) is 6.30. The molecule has 0 aliphatic heterocycles. The van der Waals surface area contributed by atoms with E-state index in [9.17, 15) is 47.9 Å². The van der Waals surface area contributed by atoms with Gasteiger partial charge >= 0.3 is 59.7 Å². The Morgan fingerprint density at radius 3 is 0.250 bits per heavy atom. The Balaban J connectivity index is -0.000000146. The quantitative estimate of drug-likeness (QED) is 0.0253. The molecule has 0 aromatic rings. The molecule has 0 aromatic carbocycles. The second-order valence-electron chi connectivity index (χ2n) is 17.0. The van der Waals surface area contributed by atoms with Gasteiger partial charge in [0.2, 0.25) is 0 Å². The number of hydrogen-bond acceptors (Lipinski definition) is 10. The predicted octanol–water partition coefficient (Wildman–Crippen LogP) is 12.2. The SMILES string of the molecule is Cl.Cl.O=C(O)CCCCCCCCC(=O)O.O=C(O)CCCCCCCCC(=O)O.O=C(O)CCCCCCCCC(=O)O.O=C(O)CCCCCCCCC(=O)O.O=C(O)CCCCCCCCC(=O)O. The van der Waals surface area contributed by atoms with Crippen LogP contribution in [0.4, 0.5) is 0 Å². The van der Waals surface area contributed by atoms with Crippen LogP contribution in [0.5, 0.6) is 0 Å². The molecule has 10 N–H and O–H groups in total. The van der Waals surface area contributed by atoms with Gasteiger partial charge in [0.1, 0.15) is 0 Å². The molecule has 22 heteroatoms. The molecule has 0 heterocycles. The van der Waals surface area contributed by atoms with Crippen molar-refractivity contribution in [2.75, 3.05) is 0 Å². The first-order valence-electron chi connectivity index (χ1n) is 25.3. The molecular weight excluding hydrogens is 991 g/mol. The summed E-state index contributed by atoms with van der Waals surface area (Å²) < 4.78 is 0. The third-order valence-corrected chi connectivity index (χ3v) is 10.2. The summed E-state index contributed by atoms with van der Waals surface area (Å²) in [6.07, 6.45) is 29.1. The van der Waals surface area contributed by atoms with E-state index in [4.69, 9.17) is 51.1 Å². The molecule has 0 aromatic heterocycles. The van der Waals surface area contributed by atoms with Gasteiger partial charge < -0.3 is 51.1 Å². The standard InChI is InChI=1S/5C10H18O4.2ClH/c5*11-9(12)7-5-3-1-2-4-6-8-10(13)14;;/h5*1-8H2,(H,11,12)(H,13,14);2*1H. The van der Waals surface area contributed by atoms with Crippen LogP contribution in [0, 0.1) is 0 Å². The highest BCUT2D eigenvalue weighted by atomic mass is 35.5. The van der Waals surface area contributed by atoms with Crippen molar-refractivity contribution in [1.82, 2.24) is 0 Å². The normalized spacial score (nSPS) is 9.72. The number of unbranched alkanes of at least 4 members (excludes halogenated alkanes) is 25. The van der Waals surface area contributed by atoms with E-state index < -0.39 is 59.7 Å². The van der Waals surface area contributed by atoms with E-state index in [1.54, 1.807) is 0 Å². The molecule has 0 spiro atoms. The Morgan fingerprint density at radius 1 is 0.139 bits per heavy atom. The maximum atomic E-state index is 10.1. The first-order valence-corrected chi connectivity index (χ1v) is 25.3. The van der Waals surface area contributed by atoms with E-state index in [1.165, 1.54) is 0 Å². The summed E-state index contributed by atoms with van der Waals surface area (Å²) in [7, 11) is 0. The van der Waals surface area contributed by atoms with E-state index in [0.717, 1.165) is 193 Å². The molecule has 0 radical (unpaired) electrons. The lowest BCUT2D eigenvalue weighted by atomic mass is 10.1. The second-order valence-corrected chi connectivity index (χ2v) is 17.0. The van der Waals surface area contributed by atoms with Crippen molar-refractivity contribution in [3.8, 4) is 0 Å². The van der Waals surface area contributed by atoms with Gasteiger partial charge in [-0.25, -0.2) is 0 Å². The van der Waals surface area contributed by atoms with Gasteiger partial charge in [0, 0.05) is 64.2 Å². The zero-order valence-corrected chi connectivity index (χ0v) is 44.3. The van der Waals surface area contributed by atoms with Crippen LogP contribution in [-0.2, 0) is 47.9 Å². The van der Waals surface area contributed by atoms with Crippen molar-refractivity contribution in [2.24, 2.45) is 0 Å². The molecule has 0 aliphatic rings. The lowest BCUT2D eigenvalue weighted by Crippen LogP contribution is -1.94. The molecule has 426 valence electrons. The largest absolute Gasteiger partial charge is 0.481 e. The third kappa shape index (κ3) is 107. The van der Waals surface area contributed by atoms with Crippen molar-refractivity contribution in [2.45, 2.75) is 257 Å². The van der Waals surface area contributed by atoms with Gasteiger partial charge in [-0.1, -0.05) is 128 Å². The van der Waals surface area contributed by atoms with Crippen molar-refractivity contribution < 1.29 is 99.0 Å². The predicted molar refractivity (Wildman–Crippen MR) is 276 cm³/mol. The highest BCUT2D eigenvalue weighted by Gasteiger charge is 2.03. The van der Waals surface area contributed by atoms with Gasteiger partial charge in [-0.05, 0) is 64.2 Å². The van der Waals surface area contributed by atoms with Crippen molar-refractivity contribution >= 4 is 84.5 Å². The van der Waals surface area contributed by atoms with Crippen LogP contribution in [0.3, 0.4) is 0 Å². The van der Waals surface area contributed by atoms with E-state index in [0.29, 0.717) is 0 Å². The summed E-state index contributed by atoms with van der Waals surface area (Å²) in [4.78, 5) is 101. The molecule has 0 saturated carbocycles. The van der Waals surface area contributed by atoms with Crippen molar-refractivity contribution in [3.05, 3.63) is 0 Å². The Bertz CT molecular complexity index is 1030. The van der Waals surface area contributed by atoms with E-state index in [2.05, 4.69) is 0 Å². The molecule has 20 nitrogen and oxygen atoms in total. The molecule has 72 heavy (non-hydrogen) atoms. The third-order valence-electron chi connectivity index (χ3n) is 10.2. The van der Waals surface area contributed by atoms with Crippen LogP contribution in [-0.4, -0.2) is 111 Å². The summed E-state index contributed by atoms with van der Waals surface area (Å²) in [5.41, 5.74) is 0. The molecule has 0 unspecified atom stereocenters. The Morgan fingerprint density at radius 2 is 0.194 bits per heavy atom. The minimum absolute atomic E-state index is 0. The van der Waals surface area contributed by atoms with E-state index >= 15 is 0 Å². The average Bonchev–Trinajstić information content (AvgIpc) is 3.25. The summed E-state index contributed by atoms with van der Waals surface area (Å²) in [6.45, 7) is 0. The molecule has 0 bridgehead atoms. The smallest absolute Gasteiger partial charge is 0.303 e. The van der Waals surface area contributed by atoms with Crippen LogP contribution in [0.2, 0.25) is 0 Å². The molecule has 0 rings (SSSR count). The Labute approximate surface area is 439 Å². The number of rotatable bonds is 45.